The van der Waals surface area contributed by atoms with Gasteiger partial charge in [-0.1, -0.05) is 54.6 Å². The van der Waals surface area contributed by atoms with Gasteiger partial charge in [0.05, 0.1) is 0 Å². The van der Waals surface area contributed by atoms with E-state index in [1.54, 1.807) is 24.3 Å². The molecule has 2 aliphatic rings. The monoisotopic (exact) mass is 898 g/mol. The maximum Gasteiger partial charge on any atom is 0.164 e. The molecular formula is C56H34N8O5. The third-order valence-electron chi connectivity index (χ3n) is 11.7. The van der Waals surface area contributed by atoms with Gasteiger partial charge in [-0.3, -0.25) is 0 Å². The number of hydrogen-bond acceptors (Lipinski definition) is 11. The summed E-state index contributed by atoms with van der Waals surface area (Å²) in [6, 6.07) is 58.5. The van der Waals surface area contributed by atoms with Crippen molar-refractivity contribution in [3.05, 3.63) is 188 Å². The van der Waals surface area contributed by atoms with Gasteiger partial charge in [-0.25, -0.2) is 29.9 Å². The molecular weight excluding hydrogens is 865 g/mol. The highest BCUT2D eigenvalue weighted by atomic mass is 16.5. The minimum Gasteiger partial charge on any atom is -0.508 e. The minimum atomic E-state index is 0.140. The van der Waals surface area contributed by atoms with Crippen LogP contribution in [0.1, 0.15) is 0 Å². The molecule has 0 spiro atoms. The Labute approximate surface area is 392 Å². The van der Waals surface area contributed by atoms with E-state index < -0.39 is 0 Å². The topological polar surface area (TPSA) is 166 Å². The number of benzene rings is 8. The maximum atomic E-state index is 9.92. The predicted octanol–water partition coefficient (Wildman–Crippen LogP) is 13.7. The number of ether oxygens (including phenoxy) is 4. The summed E-state index contributed by atoms with van der Waals surface area (Å²) in [6.07, 6.45) is 0. The number of para-hydroxylation sites is 3. The highest BCUT2D eigenvalue weighted by molar-refractivity contribution is 6.07. The second-order valence-electron chi connectivity index (χ2n) is 16.3. The lowest BCUT2D eigenvalue weighted by molar-refractivity contribution is 0.464. The van der Waals surface area contributed by atoms with E-state index in [1.165, 1.54) is 0 Å². The van der Waals surface area contributed by atoms with Gasteiger partial charge in [0.25, 0.3) is 0 Å². The molecule has 0 radical (unpaired) electrons. The van der Waals surface area contributed by atoms with Gasteiger partial charge >= 0.3 is 0 Å². The molecule has 0 unspecified atom stereocenters. The molecule has 0 amide bonds. The number of phenolic OH excluding ortho intramolecular Hbond substituents is 1. The van der Waals surface area contributed by atoms with Gasteiger partial charge < -0.3 is 34.0 Å². The van der Waals surface area contributed by atoms with Crippen LogP contribution in [0.2, 0.25) is 0 Å². The third kappa shape index (κ3) is 7.51. The van der Waals surface area contributed by atoms with Gasteiger partial charge in [-0.15, -0.1) is 0 Å². The highest BCUT2D eigenvalue weighted by Crippen LogP contribution is 2.41. The van der Waals surface area contributed by atoms with E-state index in [4.69, 9.17) is 48.9 Å². The summed E-state index contributed by atoms with van der Waals surface area (Å²) in [7, 11) is 0. The van der Waals surface area contributed by atoms with E-state index in [0.717, 1.165) is 43.8 Å². The molecule has 13 heteroatoms. The molecule has 328 valence electrons. The number of fused-ring (bicyclic) bond motifs is 20. The van der Waals surface area contributed by atoms with Crippen LogP contribution in [0.25, 0.3) is 89.7 Å². The van der Waals surface area contributed by atoms with Crippen LogP contribution in [0, 0.1) is 0 Å². The average Bonchev–Trinajstić information content (AvgIpc) is 4.10. The Balaban J connectivity index is 1.08. The summed E-state index contributed by atoms with van der Waals surface area (Å²) in [5.41, 5.74) is 4.94. The van der Waals surface area contributed by atoms with Crippen LogP contribution in [0.4, 0.5) is 0 Å². The standard InChI is InChI=1S/C56H34N8O5/c65-32-16-18-36(19-17-32)69-40-23-27-44-48(31-40)56-63-51-43-26-22-39(68-35-14-8-3-9-15-35)30-47(43)54(61-51)59-49-41-24-20-37(66-33-10-4-1-5-11-33)28-45(41)53(57-49)58-50-42-25-21-38(67-34-12-6-2-7-13-34)29-46(42)55(60-50)62-52(44)64-56/h1-31,65H,(H2,57,58,59,60,61,62,63,64). The smallest absolute Gasteiger partial charge is 0.164 e. The molecule has 0 aliphatic carbocycles. The molecule has 3 aromatic heterocycles. The van der Waals surface area contributed by atoms with Gasteiger partial charge in [0.2, 0.25) is 0 Å². The first kappa shape index (κ1) is 39.5. The van der Waals surface area contributed by atoms with E-state index in [1.807, 2.05) is 164 Å². The molecule has 0 saturated heterocycles. The molecule has 11 aromatic rings. The summed E-state index contributed by atoms with van der Waals surface area (Å²) in [5.74, 6) is 6.82. The van der Waals surface area contributed by atoms with Gasteiger partial charge in [-0.2, -0.15) is 0 Å². The molecule has 3 N–H and O–H groups in total. The van der Waals surface area contributed by atoms with E-state index in [0.29, 0.717) is 91.9 Å². The third-order valence-corrected chi connectivity index (χ3v) is 11.7. The predicted molar refractivity (Wildman–Crippen MR) is 264 cm³/mol. The fourth-order valence-electron chi connectivity index (χ4n) is 8.49. The first-order chi connectivity index (χ1) is 34.0. The molecule has 0 saturated carbocycles. The number of aromatic hydroxyl groups is 1. The van der Waals surface area contributed by atoms with Crippen LogP contribution in [-0.4, -0.2) is 45.0 Å². The number of phenols is 1. The molecule has 8 aromatic carbocycles. The molecule has 13 nitrogen and oxygen atoms in total. The first-order valence-electron chi connectivity index (χ1n) is 22.0. The Hall–Kier alpha value is -9.88. The Morgan fingerprint density at radius 2 is 0.594 bits per heavy atom. The molecule has 5 heterocycles. The second kappa shape index (κ2) is 16.2. The van der Waals surface area contributed by atoms with E-state index in [2.05, 4.69) is 9.97 Å². The number of rotatable bonds is 8. The van der Waals surface area contributed by atoms with Gasteiger partial charge in [0.1, 0.15) is 74.3 Å². The van der Waals surface area contributed by atoms with E-state index >= 15 is 0 Å². The first-order valence-corrected chi connectivity index (χ1v) is 22.0. The molecule has 8 bridgehead atoms. The lowest BCUT2D eigenvalue weighted by Crippen LogP contribution is -1.87. The number of hydrogen-bond donors (Lipinski definition) is 3. The fourth-order valence-corrected chi connectivity index (χ4v) is 8.49. The second-order valence-corrected chi connectivity index (χ2v) is 16.3. The van der Waals surface area contributed by atoms with Crippen LogP contribution in [0.3, 0.4) is 0 Å². The molecule has 69 heavy (non-hydrogen) atoms. The van der Waals surface area contributed by atoms with Crippen LogP contribution in [-0.2, 0) is 0 Å². The van der Waals surface area contributed by atoms with Crippen molar-refractivity contribution in [1.82, 2.24) is 39.9 Å². The summed E-state index contributed by atoms with van der Waals surface area (Å²) < 4.78 is 25.3. The summed E-state index contributed by atoms with van der Waals surface area (Å²) in [4.78, 5) is 38.2. The summed E-state index contributed by atoms with van der Waals surface area (Å²) in [6.45, 7) is 0. The maximum absolute atomic E-state index is 9.92. The number of nitrogens with zero attached hydrogens (tertiary/aromatic N) is 6. The zero-order valence-electron chi connectivity index (χ0n) is 36.2. The zero-order valence-corrected chi connectivity index (χ0v) is 36.2. The number of aromatic amines is 2. The van der Waals surface area contributed by atoms with Crippen molar-refractivity contribution in [2.45, 2.75) is 0 Å². The fraction of sp³-hybridized carbons (Fsp3) is 0. The Morgan fingerprint density at radius 1 is 0.275 bits per heavy atom. The van der Waals surface area contributed by atoms with Crippen molar-refractivity contribution in [1.29, 1.82) is 0 Å². The van der Waals surface area contributed by atoms with Gasteiger partial charge in [-0.05, 0) is 133 Å². The quantitative estimate of drug-likeness (QED) is 0.133. The largest absolute Gasteiger partial charge is 0.508 e. The molecule has 0 fully saturated rings. The lowest BCUT2D eigenvalue weighted by atomic mass is 10.1. The average molecular weight is 899 g/mol. The molecule has 2 aliphatic heterocycles. The highest BCUT2D eigenvalue weighted by Gasteiger charge is 2.24. The van der Waals surface area contributed by atoms with E-state index in [9.17, 15) is 5.11 Å². The van der Waals surface area contributed by atoms with Crippen molar-refractivity contribution in [3.8, 4) is 97.3 Å². The van der Waals surface area contributed by atoms with Gasteiger partial charge in [0.15, 0.2) is 23.3 Å². The van der Waals surface area contributed by atoms with Crippen molar-refractivity contribution >= 4 is 44.1 Å². The molecule has 13 rings (SSSR count). The SMILES string of the molecule is Oc1ccc(Oc2ccc3c4nc5nc(nc6[nH]c(nc7nc(nc([nH]4)c3c2)-c2ccc(Oc3ccccc3)cc2-7)c2ccc(Oc3ccccc3)cc62)-c2ccc(Oc3ccccc3)cc2-5)cc1. The number of nitrogens with one attached hydrogen (secondary N) is 2. The Kier molecular flexibility index (Phi) is 9.28. The number of H-pyrrole nitrogens is 2. The van der Waals surface area contributed by atoms with Crippen LogP contribution < -0.4 is 18.9 Å². The van der Waals surface area contributed by atoms with Crippen molar-refractivity contribution in [2.24, 2.45) is 0 Å². The Morgan fingerprint density at radius 3 is 1.00 bits per heavy atom. The van der Waals surface area contributed by atoms with Crippen molar-refractivity contribution in [3.63, 3.8) is 0 Å². The normalized spacial score (nSPS) is 11.5. The van der Waals surface area contributed by atoms with Crippen LogP contribution in [0.5, 0.6) is 51.7 Å². The van der Waals surface area contributed by atoms with E-state index in [-0.39, 0.29) is 5.75 Å². The van der Waals surface area contributed by atoms with Crippen LogP contribution in [0.15, 0.2) is 188 Å². The van der Waals surface area contributed by atoms with Gasteiger partial charge in [0, 0.05) is 43.8 Å². The zero-order chi connectivity index (χ0) is 45.8. The molecule has 0 atom stereocenters. The Bertz CT molecular complexity index is 3930. The van der Waals surface area contributed by atoms with Crippen LogP contribution >= 0.6 is 0 Å². The minimum absolute atomic E-state index is 0.140. The van der Waals surface area contributed by atoms with Crippen molar-refractivity contribution in [2.75, 3.05) is 0 Å². The van der Waals surface area contributed by atoms with Crippen molar-refractivity contribution < 1.29 is 24.1 Å². The number of aromatic nitrogens is 8. The summed E-state index contributed by atoms with van der Waals surface area (Å²) >= 11 is 0. The lowest BCUT2D eigenvalue weighted by Gasteiger charge is -2.07. The summed E-state index contributed by atoms with van der Waals surface area (Å²) in [5, 5.41) is 12.9.